The van der Waals surface area contributed by atoms with Gasteiger partial charge in [0, 0.05) is 18.7 Å². The van der Waals surface area contributed by atoms with Crippen molar-refractivity contribution in [1.82, 2.24) is 19.9 Å². The van der Waals surface area contributed by atoms with Gasteiger partial charge in [0.15, 0.2) is 11.5 Å². The average molecular weight is 230 g/mol. The Labute approximate surface area is 101 Å². The molecule has 2 aromatic rings. The second kappa shape index (κ2) is 4.45. The Morgan fingerprint density at radius 3 is 3.18 bits per heavy atom. The number of fused-ring (bicyclic) bond motifs is 1. The van der Waals surface area contributed by atoms with Crippen LogP contribution in [-0.2, 0) is 6.42 Å². The fourth-order valence-corrected chi connectivity index (χ4v) is 2.49. The molecule has 1 atom stereocenters. The third-order valence-electron chi connectivity index (χ3n) is 3.44. The van der Waals surface area contributed by atoms with E-state index in [9.17, 15) is 0 Å². The topological polar surface area (TPSA) is 42.2 Å². The summed E-state index contributed by atoms with van der Waals surface area (Å²) in [4.78, 5) is 4.62. The summed E-state index contributed by atoms with van der Waals surface area (Å²) >= 11 is 0. The first-order valence-electron chi connectivity index (χ1n) is 6.37. The first-order chi connectivity index (χ1) is 8.33. The van der Waals surface area contributed by atoms with Gasteiger partial charge in [-0.25, -0.2) is 9.50 Å². The van der Waals surface area contributed by atoms with E-state index < -0.39 is 0 Å². The third-order valence-corrected chi connectivity index (χ3v) is 3.44. The van der Waals surface area contributed by atoms with Crippen LogP contribution in [-0.4, -0.2) is 27.2 Å². The Kier molecular flexibility index (Phi) is 2.81. The number of hydrogen-bond donors (Lipinski definition) is 1. The van der Waals surface area contributed by atoms with Gasteiger partial charge in [-0.05, 0) is 37.9 Å². The maximum Gasteiger partial charge on any atom is 0.158 e. The number of piperidine rings is 1. The summed E-state index contributed by atoms with van der Waals surface area (Å²) in [5, 5.41) is 8.07. The number of rotatable bonds is 2. The molecule has 1 N–H and O–H groups in total. The predicted octanol–water partition coefficient (Wildman–Crippen LogP) is 1.72. The van der Waals surface area contributed by atoms with Gasteiger partial charge in [-0.2, -0.15) is 5.10 Å². The molecule has 1 aliphatic heterocycles. The van der Waals surface area contributed by atoms with Crippen LogP contribution in [0.15, 0.2) is 18.3 Å². The van der Waals surface area contributed by atoms with Gasteiger partial charge >= 0.3 is 0 Å². The molecule has 4 nitrogen and oxygen atoms in total. The van der Waals surface area contributed by atoms with Gasteiger partial charge in [0.05, 0.1) is 0 Å². The minimum absolute atomic E-state index is 0.557. The van der Waals surface area contributed by atoms with Crippen LogP contribution in [0.3, 0.4) is 0 Å². The molecule has 0 bridgehead atoms. The van der Waals surface area contributed by atoms with E-state index in [2.05, 4.69) is 28.4 Å². The van der Waals surface area contributed by atoms with E-state index in [0.29, 0.717) is 6.04 Å². The van der Waals surface area contributed by atoms with Gasteiger partial charge in [0.2, 0.25) is 0 Å². The summed E-state index contributed by atoms with van der Waals surface area (Å²) in [6.45, 7) is 3.21. The molecular formula is C13H18N4. The highest BCUT2D eigenvalue weighted by Gasteiger charge is 2.15. The summed E-state index contributed by atoms with van der Waals surface area (Å²) < 4.78 is 1.88. The van der Waals surface area contributed by atoms with Crippen molar-refractivity contribution < 1.29 is 0 Å². The molecule has 0 spiro atoms. The summed E-state index contributed by atoms with van der Waals surface area (Å²) in [5.41, 5.74) is 2.17. The maximum absolute atomic E-state index is 4.62. The van der Waals surface area contributed by atoms with Crippen molar-refractivity contribution in [2.24, 2.45) is 0 Å². The second-order valence-electron chi connectivity index (χ2n) is 4.84. The number of pyridine rings is 1. The molecule has 3 heterocycles. The first kappa shape index (κ1) is 10.7. The van der Waals surface area contributed by atoms with E-state index in [1.54, 1.807) is 0 Å². The van der Waals surface area contributed by atoms with Crippen LogP contribution in [0.4, 0.5) is 0 Å². The number of aryl methyl sites for hydroxylation is 1. The molecule has 90 valence electrons. The Bertz CT molecular complexity index is 511. The molecule has 0 radical (unpaired) electrons. The first-order valence-corrected chi connectivity index (χ1v) is 6.37. The van der Waals surface area contributed by atoms with Crippen molar-refractivity contribution in [3.05, 3.63) is 29.7 Å². The van der Waals surface area contributed by atoms with Gasteiger partial charge in [0.25, 0.3) is 0 Å². The lowest BCUT2D eigenvalue weighted by Gasteiger charge is -2.21. The van der Waals surface area contributed by atoms with Gasteiger partial charge in [0.1, 0.15) is 0 Å². The zero-order valence-corrected chi connectivity index (χ0v) is 10.2. The number of hydrogen-bond acceptors (Lipinski definition) is 3. The zero-order valence-electron chi connectivity index (χ0n) is 10.2. The predicted molar refractivity (Wildman–Crippen MR) is 67.1 cm³/mol. The highest BCUT2D eigenvalue weighted by molar-refractivity contribution is 5.45. The summed E-state index contributed by atoms with van der Waals surface area (Å²) in [6.07, 6.45) is 6.78. The van der Waals surface area contributed by atoms with Crippen LogP contribution in [0.25, 0.3) is 5.65 Å². The Balaban J connectivity index is 1.83. The fraction of sp³-hybridized carbons (Fsp3) is 0.538. The van der Waals surface area contributed by atoms with E-state index in [4.69, 9.17) is 0 Å². The van der Waals surface area contributed by atoms with Crippen LogP contribution in [0.2, 0.25) is 0 Å². The molecule has 1 aliphatic rings. The molecule has 1 saturated heterocycles. The largest absolute Gasteiger partial charge is 0.314 e. The van der Waals surface area contributed by atoms with Gasteiger partial charge in [-0.1, -0.05) is 12.5 Å². The van der Waals surface area contributed by atoms with Crippen LogP contribution < -0.4 is 5.32 Å². The van der Waals surface area contributed by atoms with Crippen molar-refractivity contribution in [2.45, 2.75) is 38.6 Å². The van der Waals surface area contributed by atoms with E-state index >= 15 is 0 Å². The monoisotopic (exact) mass is 230 g/mol. The standard InChI is InChI=1S/C13H18N4/c1-10-5-4-8-17-13(10)15-12(16-17)9-11-6-2-3-7-14-11/h4-5,8,11,14H,2-3,6-7,9H2,1H3. The van der Waals surface area contributed by atoms with E-state index in [1.165, 1.54) is 24.8 Å². The molecule has 0 amide bonds. The minimum Gasteiger partial charge on any atom is -0.314 e. The van der Waals surface area contributed by atoms with E-state index in [0.717, 1.165) is 24.4 Å². The number of nitrogens with one attached hydrogen (secondary N) is 1. The number of aromatic nitrogens is 3. The zero-order chi connectivity index (χ0) is 11.7. The molecular weight excluding hydrogens is 212 g/mol. The minimum atomic E-state index is 0.557. The summed E-state index contributed by atoms with van der Waals surface area (Å²) in [5.74, 6) is 0.957. The van der Waals surface area contributed by atoms with Gasteiger partial charge in [-0.3, -0.25) is 0 Å². The third kappa shape index (κ3) is 2.17. The van der Waals surface area contributed by atoms with Gasteiger partial charge in [-0.15, -0.1) is 0 Å². The molecule has 1 unspecified atom stereocenters. The summed E-state index contributed by atoms with van der Waals surface area (Å²) in [7, 11) is 0. The van der Waals surface area contributed by atoms with Crippen LogP contribution in [0.5, 0.6) is 0 Å². The Morgan fingerprint density at radius 1 is 1.47 bits per heavy atom. The average Bonchev–Trinajstić information content (AvgIpc) is 2.74. The normalized spacial score (nSPS) is 20.9. The smallest absolute Gasteiger partial charge is 0.158 e. The molecule has 0 aromatic carbocycles. The Morgan fingerprint density at radius 2 is 2.41 bits per heavy atom. The lowest BCUT2D eigenvalue weighted by Crippen LogP contribution is -2.35. The molecule has 1 fully saturated rings. The second-order valence-corrected chi connectivity index (χ2v) is 4.84. The molecule has 0 saturated carbocycles. The SMILES string of the molecule is Cc1cccn2nc(CC3CCCCN3)nc12. The van der Waals surface area contributed by atoms with Crippen molar-refractivity contribution in [3.63, 3.8) is 0 Å². The van der Waals surface area contributed by atoms with Crippen molar-refractivity contribution in [1.29, 1.82) is 0 Å². The number of nitrogens with zero attached hydrogens (tertiary/aromatic N) is 3. The summed E-state index contributed by atoms with van der Waals surface area (Å²) in [6, 6.07) is 4.65. The van der Waals surface area contributed by atoms with E-state index in [-0.39, 0.29) is 0 Å². The van der Waals surface area contributed by atoms with Crippen molar-refractivity contribution in [3.8, 4) is 0 Å². The highest BCUT2D eigenvalue weighted by Crippen LogP contribution is 2.12. The Hall–Kier alpha value is -1.42. The lowest BCUT2D eigenvalue weighted by atomic mass is 10.0. The van der Waals surface area contributed by atoms with Crippen molar-refractivity contribution >= 4 is 5.65 Å². The lowest BCUT2D eigenvalue weighted by molar-refractivity contribution is 0.394. The van der Waals surface area contributed by atoms with Gasteiger partial charge < -0.3 is 5.32 Å². The molecule has 3 rings (SSSR count). The molecule has 17 heavy (non-hydrogen) atoms. The van der Waals surface area contributed by atoms with Crippen LogP contribution >= 0.6 is 0 Å². The molecule has 4 heteroatoms. The molecule has 2 aromatic heterocycles. The quantitative estimate of drug-likeness (QED) is 0.854. The van der Waals surface area contributed by atoms with E-state index in [1.807, 2.05) is 16.8 Å². The van der Waals surface area contributed by atoms with Crippen molar-refractivity contribution in [2.75, 3.05) is 6.54 Å². The van der Waals surface area contributed by atoms with Crippen LogP contribution in [0.1, 0.15) is 30.7 Å². The molecule has 0 aliphatic carbocycles. The highest BCUT2D eigenvalue weighted by atomic mass is 15.3. The fourth-order valence-electron chi connectivity index (χ4n) is 2.49. The van der Waals surface area contributed by atoms with Crippen LogP contribution in [0, 0.1) is 6.92 Å². The maximum atomic E-state index is 4.62.